The van der Waals surface area contributed by atoms with Gasteiger partial charge in [-0.1, -0.05) is 18.2 Å². The maximum atomic E-state index is 13.7. The zero-order valence-electron chi connectivity index (χ0n) is 13.7. The van der Waals surface area contributed by atoms with Gasteiger partial charge in [0.25, 0.3) is 5.91 Å². The van der Waals surface area contributed by atoms with Gasteiger partial charge in [0, 0.05) is 0 Å². The molecule has 2 aromatic carbocycles. The van der Waals surface area contributed by atoms with Gasteiger partial charge in [0.05, 0.1) is 16.1 Å². The van der Waals surface area contributed by atoms with Crippen LogP contribution in [-0.4, -0.2) is 10.9 Å². The second-order valence-electron chi connectivity index (χ2n) is 5.56. The standard InChI is InChI=1S/C18H11F5N2OS/c1-9-15(10-4-2-5-11(8-10)18(21,22)23)27-17(24-9)16(26)25-14-12(19)6-3-7-13(14)20/h2-8H,1H3,(H,25,26). The molecule has 0 saturated heterocycles. The number of aromatic nitrogens is 1. The van der Waals surface area contributed by atoms with E-state index in [9.17, 15) is 26.7 Å². The van der Waals surface area contributed by atoms with E-state index in [0.29, 0.717) is 10.6 Å². The molecule has 3 rings (SSSR count). The average Bonchev–Trinajstić information content (AvgIpc) is 2.99. The molecular formula is C18H11F5N2OS. The molecule has 0 fully saturated rings. The molecule has 0 saturated carbocycles. The third kappa shape index (κ3) is 3.97. The van der Waals surface area contributed by atoms with Gasteiger partial charge in [-0.15, -0.1) is 11.3 Å². The van der Waals surface area contributed by atoms with Gasteiger partial charge in [0.1, 0.15) is 17.3 Å². The average molecular weight is 398 g/mol. The number of benzene rings is 2. The van der Waals surface area contributed by atoms with Crippen LogP contribution in [-0.2, 0) is 6.18 Å². The van der Waals surface area contributed by atoms with Crippen molar-refractivity contribution in [3.63, 3.8) is 0 Å². The molecule has 1 heterocycles. The number of alkyl halides is 3. The summed E-state index contributed by atoms with van der Waals surface area (Å²) in [5, 5.41) is 1.98. The van der Waals surface area contributed by atoms with E-state index in [0.717, 1.165) is 41.7 Å². The number of nitrogens with zero attached hydrogens (tertiary/aromatic N) is 1. The van der Waals surface area contributed by atoms with E-state index in [4.69, 9.17) is 0 Å². The predicted molar refractivity (Wildman–Crippen MR) is 91.6 cm³/mol. The van der Waals surface area contributed by atoms with E-state index in [1.54, 1.807) is 0 Å². The highest BCUT2D eigenvalue weighted by Crippen LogP contribution is 2.35. The zero-order chi connectivity index (χ0) is 19.8. The number of aryl methyl sites for hydroxylation is 1. The van der Waals surface area contributed by atoms with Crippen LogP contribution in [0, 0.1) is 18.6 Å². The molecule has 140 valence electrons. The van der Waals surface area contributed by atoms with Crippen molar-refractivity contribution in [1.82, 2.24) is 4.98 Å². The summed E-state index contributed by atoms with van der Waals surface area (Å²) in [5.74, 6) is -2.75. The quantitative estimate of drug-likeness (QED) is 0.578. The Bertz CT molecular complexity index is 993. The van der Waals surface area contributed by atoms with Crippen LogP contribution in [0.5, 0.6) is 0 Å². The first kappa shape index (κ1) is 19.0. The first-order chi connectivity index (χ1) is 12.7. The van der Waals surface area contributed by atoms with E-state index in [2.05, 4.69) is 10.3 Å². The first-order valence-electron chi connectivity index (χ1n) is 7.57. The fourth-order valence-corrected chi connectivity index (χ4v) is 3.34. The Morgan fingerprint density at radius 3 is 2.33 bits per heavy atom. The zero-order valence-corrected chi connectivity index (χ0v) is 14.5. The molecule has 9 heteroatoms. The predicted octanol–water partition coefficient (Wildman–Crippen LogP) is 5.67. The van der Waals surface area contributed by atoms with Crippen LogP contribution in [0.2, 0.25) is 0 Å². The van der Waals surface area contributed by atoms with Crippen LogP contribution in [0.4, 0.5) is 27.6 Å². The number of nitrogens with one attached hydrogen (secondary N) is 1. The van der Waals surface area contributed by atoms with Gasteiger partial charge in [-0.2, -0.15) is 13.2 Å². The fourth-order valence-electron chi connectivity index (χ4n) is 2.38. The highest BCUT2D eigenvalue weighted by Gasteiger charge is 2.31. The number of anilines is 1. The van der Waals surface area contributed by atoms with Crippen LogP contribution in [0.15, 0.2) is 42.5 Å². The number of hydrogen-bond donors (Lipinski definition) is 1. The molecule has 1 aromatic heterocycles. The van der Waals surface area contributed by atoms with Gasteiger partial charge >= 0.3 is 6.18 Å². The van der Waals surface area contributed by atoms with E-state index in [-0.39, 0.29) is 10.6 Å². The smallest absolute Gasteiger partial charge is 0.315 e. The summed E-state index contributed by atoms with van der Waals surface area (Å²) in [7, 11) is 0. The third-order valence-corrected chi connectivity index (χ3v) is 4.85. The van der Waals surface area contributed by atoms with E-state index >= 15 is 0 Å². The molecular weight excluding hydrogens is 387 g/mol. The molecule has 3 nitrogen and oxygen atoms in total. The number of halogens is 5. The van der Waals surface area contributed by atoms with Crippen molar-refractivity contribution in [1.29, 1.82) is 0 Å². The van der Waals surface area contributed by atoms with Gasteiger partial charge in [0.15, 0.2) is 5.01 Å². The molecule has 1 N–H and O–H groups in total. The molecule has 27 heavy (non-hydrogen) atoms. The van der Waals surface area contributed by atoms with Gasteiger partial charge < -0.3 is 5.32 Å². The number of amides is 1. The lowest BCUT2D eigenvalue weighted by Gasteiger charge is -2.08. The minimum absolute atomic E-state index is 0.123. The highest BCUT2D eigenvalue weighted by molar-refractivity contribution is 7.17. The Morgan fingerprint density at radius 1 is 1.07 bits per heavy atom. The van der Waals surface area contributed by atoms with Gasteiger partial charge in [0.2, 0.25) is 0 Å². The molecule has 0 spiro atoms. The maximum absolute atomic E-state index is 13.7. The number of carbonyl (C=O) groups is 1. The molecule has 0 unspecified atom stereocenters. The maximum Gasteiger partial charge on any atom is 0.416 e. The van der Waals surface area contributed by atoms with Crippen molar-refractivity contribution in [2.24, 2.45) is 0 Å². The number of hydrogen-bond acceptors (Lipinski definition) is 3. The molecule has 0 aliphatic heterocycles. The van der Waals surface area contributed by atoms with E-state index in [1.807, 2.05) is 0 Å². The Morgan fingerprint density at radius 2 is 1.70 bits per heavy atom. The number of carbonyl (C=O) groups excluding carboxylic acids is 1. The second-order valence-corrected chi connectivity index (χ2v) is 6.56. The van der Waals surface area contributed by atoms with Crippen LogP contribution < -0.4 is 5.32 Å². The SMILES string of the molecule is Cc1nc(C(=O)Nc2c(F)cccc2F)sc1-c1cccc(C(F)(F)F)c1. The monoisotopic (exact) mass is 398 g/mol. The minimum atomic E-state index is -4.50. The molecule has 0 radical (unpaired) electrons. The minimum Gasteiger partial charge on any atom is -0.315 e. The Labute approximate surface area is 154 Å². The van der Waals surface area contributed by atoms with Gasteiger partial charge in [-0.05, 0) is 36.8 Å². The van der Waals surface area contributed by atoms with Crippen LogP contribution in [0.3, 0.4) is 0 Å². The summed E-state index contributed by atoms with van der Waals surface area (Å²) in [4.78, 5) is 16.6. The largest absolute Gasteiger partial charge is 0.416 e. The second kappa shape index (κ2) is 7.07. The van der Waals surface area contributed by atoms with Crippen molar-refractivity contribution in [3.8, 4) is 10.4 Å². The summed E-state index contributed by atoms with van der Waals surface area (Å²) >= 11 is 0.836. The highest BCUT2D eigenvalue weighted by atomic mass is 32.1. The van der Waals surface area contributed by atoms with Crippen molar-refractivity contribution < 1.29 is 26.7 Å². The summed E-state index contributed by atoms with van der Waals surface area (Å²) in [6.45, 7) is 1.53. The summed E-state index contributed by atoms with van der Waals surface area (Å²) in [5.41, 5.74) is -0.863. The van der Waals surface area contributed by atoms with Crippen LogP contribution in [0.25, 0.3) is 10.4 Å². The Hall–Kier alpha value is -2.81. The summed E-state index contributed by atoms with van der Waals surface area (Å²) < 4.78 is 66.0. The summed E-state index contributed by atoms with van der Waals surface area (Å²) in [6.07, 6.45) is -4.50. The van der Waals surface area contributed by atoms with E-state index in [1.165, 1.54) is 19.1 Å². The lowest BCUT2D eigenvalue weighted by atomic mass is 10.1. The molecule has 0 aliphatic rings. The van der Waals surface area contributed by atoms with Crippen LogP contribution >= 0.6 is 11.3 Å². The molecule has 3 aromatic rings. The number of thiazole rings is 1. The third-order valence-electron chi connectivity index (χ3n) is 3.64. The first-order valence-corrected chi connectivity index (χ1v) is 8.39. The molecule has 0 aliphatic carbocycles. The van der Waals surface area contributed by atoms with Crippen LogP contribution in [0.1, 0.15) is 21.1 Å². The number of para-hydroxylation sites is 1. The van der Waals surface area contributed by atoms with Crippen molar-refractivity contribution in [2.45, 2.75) is 13.1 Å². The Balaban J connectivity index is 1.92. The molecule has 0 atom stereocenters. The fraction of sp³-hybridized carbons (Fsp3) is 0.111. The lowest BCUT2D eigenvalue weighted by Crippen LogP contribution is -2.14. The summed E-state index contributed by atoms with van der Waals surface area (Å²) in [6, 6.07) is 7.74. The topological polar surface area (TPSA) is 42.0 Å². The molecule has 1 amide bonds. The Kier molecular flexibility index (Phi) is 4.97. The molecule has 0 bridgehead atoms. The van der Waals surface area contributed by atoms with Gasteiger partial charge in [-0.25, -0.2) is 13.8 Å². The van der Waals surface area contributed by atoms with Crippen molar-refractivity contribution in [3.05, 3.63) is 70.4 Å². The van der Waals surface area contributed by atoms with Gasteiger partial charge in [-0.3, -0.25) is 4.79 Å². The normalized spacial score (nSPS) is 11.5. The number of rotatable bonds is 3. The lowest BCUT2D eigenvalue weighted by molar-refractivity contribution is -0.137. The van der Waals surface area contributed by atoms with E-state index < -0.39 is 35.0 Å². The van der Waals surface area contributed by atoms with Crippen molar-refractivity contribution in [2.75, 3.05) is 5.32 Å². The van der Waals surface area contributed by atoms with Crippen molar-refractivity contribution >= 4 is 22.9 Å².